The topological polar surface area (TPSA) is 177 Å². The van der Waals surface area contributed by atoms with Gasteiger partial charge in [-0.25, -0.2) is 9.78 Å². The number of aliphatic hydroxyl groups excluding tert-OH is 1. The van der Waals surface area contributed by atoms with Crippen molar-refractivity contribution in [1.29, 1.82) is 5.41 Å². The van der Waals surface area contributed by atoms with E-state index in [0.29, 0.717) is 35.2 Å². The molecule has 0 spiro atoms. The molecular formula is C35H35N5O6. The van der Waals surface area contributed by atoms with E-state index in [-0.39, 0.29) is 41.8 Å². The Bertz CT molecular complexity index is 1750. The molecule has 1 aliphatic carbocycles. The van der Waals surface area contributed by atoms with Crippen LogP contribution in [0.25, 0.3) is 11.1 Å². The summed E-state index contributed by atoms with van der Waals surface area (Å²) in [5.74, 6) is -1.64. The second kappa shape index (κ2) is 14.0. The Balaban J connectivity index is 1.53. The normalized spacial score (nSPS) is 13.4. The van der Waals surface area contributed by atoms with E-state index in [0.717, 1.165) is 18.4 Å². The lowest BCUT2D eigenvalue weighted by Crippen LogP contribution is -2.49. The van der Waals surface area contributed by atoms with E-state index < -0.39 is 23.3 Å². The first-order valence-corrected chi connectivity index (χ1v) is 14.8. The zero-order valence-electron chi connectivity index (χ0n) is 25.3. The van der Waals surface area contributed by atoms with Gasteiger partial charge in [-0.1, -0.05) is 49.2 Å². The molecule has 11 nitrogen and oxygen atoms in total. The third kappa shape index (κ3) is 7.22. The van der Waals surface area contributed by atoms with Crippen molar-refractivity contribution in [2.24, 2.45) is 5.73 Å². The first-order chi connectivity index (χ1) is 22.2. The Kier molecular flexibility index (Phi) is 9.73. The van der Waals surface area contributed by atoms with Gasteiger partial charge in [0.2, 0.25) is 5.88 Å². The van der Waals surface area contributed by atoms with Crippen LogP contribution in [-0.2, 0) is 11.3 Å². The number of rotatable bonds is 11. The minimum Gasteiger partial charge on any atom is -0.481 e. The summed E-state index contributed by atoms with van der Waals surface area (Å²) in [7, 11) is 1.42. The van der Waals surface area contributed by atoms with Gasteiger partial charge in [0, 0.05) is 28.4 Å². The van der Waals surface area contributed by atoms with Crippen LogP contribution < -0.4 is 21.1 Å². The molecule has 1 saturated carbocycles. The Morgan fingerprint density at radius 3 is 2.24 bits per heavy atom. The number of nitrogen functional groups attached to an aromatic ring is 1. The fraction of sp³-hybridized carbons (Fsp3) is 0.229. The Labute approximate surface area is 266 Å². The number of aliphatic hydroxyl groups is 1. The van der Waals surface area contributed by atoms with E-state index in [1.165, 1.54) is 13.2 Å². The number of amides is 2. The zero-order valence-corrected chi connectivity index (χ0v) is 25.3. The SMILES string of the molecule is COc1ccc(-c2ccc(C(=O)NC3(CO)CCCC3)cc2C(=O)OCc2ccccc2)c(C(=O)Nc2ccc(C(=N)N)cc2)n1. The van der Waals surface area contributed by atoms with Crippen LogP contribution in [0.2, 0.25) is 0 Å². The third-order valence-electron chi connectivity index (χ3n) is 7.99. The first kappa shape index (κ1) is 31.9. The van der Waals surface area contributed by atoms with Crippen molar-refractivity contribution >= 4 is 29.3 Å². The third-order valence-corrected chi connectivity index (χ3v) is 7.99. The number of ether oxygens (including phenoxy) is 2. The summed E-state index contributed by atoms with van der Waals surface area (Å²) in [5.41, 5.74) is 7.40. The molecule has 6 N–H and O–H groups in total. The van der Waals surface area contributed by atoms with Gasteiger partial charge in [-0.2, -0.15) is 0 Å². The molecule has 0 bridgehead atoms. The first-order valence-electron chi connectivity index (χ1n) is 14.8. The maximum atomic E-state index is 13.7. The van der Waals surface area contributed by atoms with Crippen LogP contribution in [0.5, 0.6) is 5.88 Å². The summed E-state index contributed by atoms with van der Waals surface area (Å²) in [5, 5.41) is 23.4. The van der Waals surface area contributed by atoms with Crippen molar-refractivity contribution in [3.05, 3.63) is 113 Å². The second-order valence-corrected chi connectivity index (χ2v) is 11.1. The number of carbonyl (C=O) groups excluding carboxylic acids is 3. The van der Waals surface area contributed by atoms with Crippen LogP contribution in [0.1, 0.15) is 68.0 Å². The number of methoxy groups -OCH3 is 1. The fourth-order valence-corrected chi connectivity index (χ4v) is 5.45. The molecule has 5 rings (SSSR count). The Hall–Kier alpha value is -5.55. The average Bonchev–Trinajstić information content (AvgIpc) is 3.56. The second-order valence-electron chi connectivity index (χ2n) is 11.1. The number of anilines is 1. The van der Waals surface area contributed by atoms with Crippen LogP contribution in [-0.4, -0.2) is 53.0 Å². The number of pyridine rings is 1. The van der Waals surface area contributed by atoms with E-state index in [2.05, 4.69) is 15.6 Å². The summed E-state index contributed by atoms with van der Waals surface area (Å²) in [6, 6.07) is 23.4. The smallest absolute Gasteiger partial charge is 0.339 e. The van der Waals surface area contributed by atoms with Crippen molar-refractivity contribution in [1.82, 2.24) is 10.3 Å². The number of hydrogen-bond acceptors (Lipinski definition) is 8. The van der Waals surface area contributed by atoms with E-state index in [1.54, 1.807) is 48.5 Å². The molecule has 1 aromatic heterocycles. The minimum atomic E-state index is -0.711. The molecule has 3 aromatic carbocycles. The van der Waals surface area contributed by atoms with Crippen LogP contribution in [0.4, 0.5) is 5.69 Å². The maximum Gasteiger partial charge on any atom is 0.339 e. The summed E-state index contributed by atoms with van der Waals surface area (Å²) in [6.45, 7) is -0.191. The van der Waals surface area contributed by atoms with Crippen molar-refractivity contribution < 1.29 is 29.0 Å². The van der Waals surface area contributed by atoms with Gasteiger partial charge in [-0.3, -0.25) is 15.0 Å². The predicted molar refractivity (Wildman–Crippen MR) is 173 cm³/mol. The fourth-order valence-electron chi connectivity index (χ4n) is 5.45. The Morgan fingerprint density at radius 2 is 1.59 bits per heavy atom. The van der Waals surface area contributed by atoms with Gasteiger partial charge < -0.3 is 30.9 Å². The van der Waals surface area contributed by atoms with Gasteiger partial charge in [-0.15, -0.1) is 0 Å². The number of aromatic nitrogens is 1. The lowest BCUT2D eigenvalue weighted by atomic mass is 9.94. The van der Waals surface area contributed by atoms with Gasteiger partial charge in [-0.05, 0) is 66.4 Å². The highest BCUT2D eigenvalue weighted by Gasteiger charge is 2.35. The van der Waals surface area contributed by atoms with Crippen LogP contribution in [0.3, 0.4) is 0 Å². The molecule has 0 aliphatic heterocycles. The largest absolute Gasteiger partial charge is 0.481 e. The quantitative estimate of drug-likeness (QED) is 0.0910. The molecule has 1 heterocycles. The molecule has 2 amide bonds. The van der Waals surface area contributed by atoms with Crippen LogP contribution in [0.15, 0.2) is 84.9 Å². The summed E-state index contributed by atoms with van der Waals surface area (Å²) in [4.78, 5) is 45.1. The van der Waals surface area contributed by atoms with Crippen molar-refractivity contribution in [2.45, 2.75) is 37.8 Å². The van der Waals surface area contributed by atoms with E-state index in [1.807, 2.05) is 30.3 Å². The molecule has 11 heteroatoms. The highest BCUT2D eigenvalue weighted by molar-refractivity contribution is 6.10. The number of hydrogen-bond donors (Lipinski definition) is 5. The molecule has 0 atom stereocenters. The number of benzene rings is 3. The van der Waals surface area contributed by atoms with Crippen molar-refractivity contribution in [3.8, 4) is 17.0 Å². The summed E-state index contributed by atoms with van der Waals surface area (Å²) in [6.07, 6.45) is 3.11. The maximum absolute atomic E-state index is 13.7. The number of esters is 1. The minimum absolute atomic E-state index is 0.00632. The zero-order chi connectivity index (χ0) is 32.7. The molecule has 1 fully saturated rings. The summed E-state index contributed by atoms with van der Waals surface area (Å²) < 4.78 is 11.0. The van der Waals surface area contributed by atoms with Crippen LogP contribution in [0, 0.1) is 5.41 Å². The number of carbonyl (C=O) groups is 3. The average molecular weight is 622 g/mol. The predicted octanol–water partition coefficient (Wildman–Crippen LogP) is 4.69. The number of nitrogens with two attached hydrogens (primary N) is 1. The highest BCUT2D eigenvalue weighted by Crippen LogP contribution is 2.32. The molecule has 0 saturated heterocycles. The molecule has 46 heavy (non-hydrogen) atoms. The van der Waals surface area contributed by atoms with Gasteiger partial charge in [0.05, 0.1) is 24.8 Å². The lowest BCUT2D eigenvalue weighted by Gasteiger charge is -2.28. The van der Waals surface area contributed by atoms with E-state index >= 15 is 0 Å². The van der Waals surface area contributed by atoms with Gasteiger partial charge >= 0.3 is 5.97 Å². The van der Waals surface area contributed by atoms with Gasteiger partial charge in [0.15, 0.2) is 0 Å². The summed E-state index contributed by atoms with van der Waals surface area (Å²) >= 11 is 0. The van der Waals surface area contributed by atoms with Gasteiger partial charge in [0.25, 0.3) is 11.8 Å². The molecular weight excluding hydrogens is 586 g/mol. The number of nitrogens with zero attached hydrogens (tertiary/aromatic N) is 1. The van der Waals surface area contributed by atoms with Gasteiger partial charge in [0.1, 0.15) is 18.1 Å². The molecule has 0 radical (unpaired) electrons. The van der Waals surface area contributed by atoms with Crippen molar-refractivity contribution in [2.75, 3.05) is 19.0 Å². The Morgan fingerprint density at radius 1 is 0.913 bits per heavy atom. The monoisotopic (exact) mass is 621 g/mol. The lowest BCUT2D eigenvalue weighted by molar-refractivity contribution is 0.0473. The number of nitrogens with one attached hydrogen (secondary N) is 3. The standard InChI is InChI=1S/C35H35N5O6/c1-45-29-16-15-27(30(39-29)33(43)38-25-12-9-23(10-13-25)31(36)37)26-14-11-24(32(42)40-35(21-41)17-5-6-18-35)19-28(26)34(44)46-20-22-7-3-2-4-8-22/h2-4,7-16,19,41H,5-6,17-18,20-21H2,1H3,(H3,36,37)(H,38,43)(H,40,42). The molecule has 4 aromatic rings. The van der Waals surface area contributed by atoms with E-state index in [9.17, 15) is 19.5 Å². The molecule has 236 valence electrons. The molecule has 1 aliphatic rings. The highest BCUT2D eigenvalue weighted by atomic mass is 16.5. The van der Waals surface area contributed by atoms with E-state index in [4.69, 9.17) is 20.6 Å². The number of amidine groups is 1. The van der Waals surface area contributed by atoms with Crippen LogP contribution >= 0.6 is 0 Å². The molecule has 0 unspecified atom stereocenters. The van der Waals surface area contributed by atoms with Crippen molar-refractivity contribution in [3.63, 3.8) is 0 Å².